The molecule has 15 heavy (non-hydrogen) atoms. The maximum absolute atomic E-state index is 11.5. The van der Waals surface area contributed by atoms with Crippen molar-refractivity contribution in [2.45, 2.75) is 19.4 Å². The number of aromatic nitrogens is 1. The first-order valence-electron chi connectivity index (χ1n) is 4.80. The van der Waals surface area contributed by atoms with Crippen molar-refractivity contribution >= 4 is 11.7 Å². The summed E-state index contributed by atoms with van der Waals surface area (Å²) in [7, 11) is 0. The second-order valence-corrected chi connectivity index (χ2v) is 3.76. The molecule has 0 bridgehead atoms. The van der Waals surface area contributed by atoms with Gasteiger partial charge in [0, 0.05) is 24.7 Å². The van der Waals surface area contributed by atoms with Gasteiger partial charge in [0.25, 0.3) is 0 Å². The molecule has 1 amide bonds. The number of aromatic hydroxyl groups is 1. The topological polar surface area (TPSA) is 79.5 Å². The van der Waals surface area contributed by atoms with E-state index in [1.165, 1.54) is 11.0 Å². The van der Waals surface area contributed by atoms with E-state index >= 15 is 0 Å². The Morgan fingerprint density at radius 2 is 2.33 bits per heavy atom. The molecule has 0 saturated carbocycles. The van der Waals surface area contributed by atoms with Crippen LogP contribution < -0.4 is 10.6 Å². The van der Waals surface area contributed by atoms with E-state index in [9.17, 15) is 9.90 Å². The second-order valence-electron chi connectivity index (χ2n) is 3.76. The highest BCUT2D eigenvalue weighted by Gasteiger charge is 2.30. The smallest absolute Gasteiger partial charge is 0.229 e. The molecule has 5 nitrogen and oxygen atoms in total. The molecule has 2 heterocycles. The van der Waals surface area contributed by atoms with Crippen molar-refractivity contribution in [3.05, 3.63) is 17.8 Å². The van der Waals surface area contributed by atoms with Gasteiger partial charge < -0.3 is 10.8 Å². The monoisotopic (exact) mass is 207 g/mol. The summed E-state index contributed by atoms with van der Waals surface area (Å²) >= 11 is 0. The van der Waals surface area contributed by atoms with E-state index in [1.54, 1.807) is 6.07 Å². The Hall–Kier alpha value is -1.62. The summed E-state index contributed by atoms with van der Waals surface area (Å²) in [4.78, 5) is 17.1. The van der Waals surface area contributed by atoms with Crippen LogP contribution in [0.4, 0.5) is 5.82 Å². The van der Waals surface area contributed by atoms with Crippen molar-refractivity contribution in [2.24, 2.45) is 5.73 Å². The van der Waals surface area contributed by atoms with Gasteiger partial charge in [-0.25, -0.2) is 4.98 Å². The molecule has 3 N–H and O–H groups in total. The molecule has 0 spiro atoms. The third kappa shape index (κ3) is 1.78. The van der Waals surface area contributed by atoms with Gasteiger partial charge in [0.2, 0.25) is 5.91 Å². The van der Waals surface area contributed by atoms with Gasteiger partial charge in [0.05, 0.1) is 0 Å². The van der Waals surface area contributed by atoms with E-state index in [2.05, 4.69) is 4.98 Å². The fourth-order valence-electron chi connectivity index (χ4n) is 1.67. The lowest BCUT2D eigenvalue weighted by molar-refractivity contribution is -0.117. The average Bonchev–Trinajstić information content (AvgIpc) is 2.50. The number of carbonyl (C=O) groups excluding carboxylic acids is 1. The van der Waals surface area contributed by atoms with Gasteiger partial charge in [-0.05, 0) is 19.1 Å². The van der Waals surface area contributed by atoms with Crippen molar-refractivity contribution in [1.82, 2.24) is 4.98 Å². The fourth-order valence-corrected chi connectivity index (χ4v) is 1.67. The molecule has 0 aliphatic carbocycles. The number of anilines is 1. The highest BCUT2D eigenvalue weighted by Crippen LogP contribution is 2.28. The van der Waals surface area contributed by atoms with E-state index in [0.29, 0.717) is 18.8 Å². The van der Waals surface area contributed by atoms with E-state index in [4.69, 9.17) is 5.73 Å². The quantitative estimate of drug-likeness (QED) is 0.687. The van der Waals surface area contributed by atoms with Gasteiger partial charge in [-0.2, -0.15) is 0 Å². The SMILES string of the molecule is Cc1ccc(O)c(N2CC(N)CC2=O)n1. The van der Waals surface area contributed by atoms with Crippen LogP contribution in [0.5, 0.6) is 5.75 Å². The Morgan fingerprint density at radius 1 is 1.60 bits per heavy atom. The van der Waals surface area contributed by atoms with Crippen molar-refractivity contribution in [3.8, 4) is 5.75 Å². The molecular formula is C10H13N3O2. The van der Waals surface area contributed by atoms with E-state index in [-0.39, 0.29) is 17.7 Å². The maximum atomic E-state index is 11.5. The maximum Gasteiger partial charge on any atom is 0.229 e. The Labute approximate surface area is 87.5 Å². The molecule has 1 aliphatic rings. The predicted octanol–water partition coefficient (Wildman–Crippen LogP) is 0.160. The Balaban J connectivity index is 2.37. The number of nitrogens with zero attached hydrogens (tertiary/aromatic N) is 2. The zero-order valence-electron chi connectivity index (χ0n) is 8.47. The zero-order chi connectivity index (χ0) is 11.0. The highest BCUT2D eigenvalue weighted by molar-refractivity contribution is 5.96. The normalized spacial score (nSPS) is 21.1. The minimum atomic E-state index is -0.167. The van der Waals surface area contributed by atoms with Gasteiger partial charge >= 0.3 is 0 Å². The van der Waals surface area contributed by atoms with Gasteiger partial charge in [-0.1, -0.05) is 0 Å². The number of amides is 1. The van der Waals surface area contributed by atoms with Gasteiger partial charge in [-0.15, -0.1) is 0 Å². The van der Waals surface area contributed by atoms with Crippen LogP contribution in [0.2, 0.25) is 0 Å². The molecule has 1 aromatic heterocycles. The summed E-state index contributed by atoms with van der Waals surface area (Å²) < 4.78 is 0. The summed E-state index contributed by atoms with van der Waals surface area (Å²) in [5, 5.41) is 9.60. The van der Waals surface area contributed by atoms with Crippen LogP contribution in [0.3, 0.4) is 0 Å². The zero-order valence-corrected chi connectivity index (χ0v) is 8.47. The fraction of sp³-hybridized carbons (Fsp3) is 0.400. The molecule has 0 radical (unpaired) electrons. The van der Waals surface area contributed by atoms with Crippen LogP contribution in [0.15, 0.2) is 12.1 Å². The number of aryl methyl sites for hydroxylation is 1. The number of nitrogens with two attached hydrogens (primary N) is 1. The molecule has 1 atom stereocenters. The van der Waals surface area contributed by atoms with Crippen LogP contribution in [0, 0.1) is 6.92 Å². The second kappa shape index (κ2) is 3.51. The Morgan fingerprint density at radius 3 is 2.93 bits per heavy atom. The summed E-state index contributed by atoms with van der Waals surface area (Å²) in [5.41, 5.74) is 6.43. The lowest BCUT2D eigenvalue weighted by Gasteiger charge is -2.16. The molecule has 0 aromatic carbocycles. The summed E-state index contributed by atoms with van der Waals surface area (Å²) in [5.74, 6) is 0.243. The largest absolute Gasteiger partial charge is 0.504 e. The van der Waals surface area contributed by atoms with E-state index in [0.717, 1.165) is 5.69 Å². The minimum Gasteiger partial charge on any atom is -0.504 e. The van der Waals surface area contributed by atoms with Crippen molar-refractivity contribution in [1.29, 1.82) is 0 Å². The molecular weight excluding hydrogens is 194 g/mol. The highest BCUT2D eigenvalue weighted by atomic mass is 16.3. The molecule has 80 valence electrons. The van der Waals surface area contributed by atoms with Gasteiger partial charge in [0.1, 0.15) is 0 Å². The van der Waals surface area contributed by atoms with Crippen LogP contribution in [-0.4, -0.2) is 28.6 Å². The first-order valence-corrected chi connectivity index (χ1v) is 4.80. The molecule has 1 aromatic rings. The number of hydrogen-bond donors (Lipinski definition) is 2. The number of pyridine rings is 1. The Kier molecular flexibility index (Phi) is 2.32. The minimum absolute atomic E-state index is 0.0167. The molecule has 1 saturated heterocycles. The van der Waals surface area contributed by atoms with Crippen molar-refractivity contribution in [2.75, 3.05) is 11.4 Å². The Bertz CT molecular complexity index is 406. The predicted molar refractivity (Wildman–Crippen MR) is 55.6 cm³/mol. The third-order valence-electron chi connectivity index (χ3n) is 2.40. The van der Waals surface area contributed by atoms with Gasteiger partial charge in [-0.3, -0.25) is 9.69 Å². The van der Waals surface area contributed by atoms with Crippen LogP contribution in [-0.2, 0) is 4.79 Å². The average molecular weight is 207 g/mol. The van der Waals surface area contributed by atoms with Crippen LogP contribution in [0.25, 0.3) is 0 Å². The van der Waals surface area contributed by atoms with Crippen LogP contribution >= 0.6 is 0 Å². The number of hydrogen-bond acceptors (Lipinski definition) is 4. The third-order valence-corrected chi connectivity index (χ3v) is 2.40. The lowest BCUT2D eigenvalue weighted by atomic mass is 10.3. The molecule has 2 rings (SSSR count). The van der Waals surface area contributed by atoms with Gasteiger partial charge in [0.15, 0.2) is 11.6 Å². The van der Waals surface area contributed by atoms with Crippen LogP contribution in [0.1, 0.15) is 12.1 Å². The standard InChI is InChI=1S/C10H13N3O2/c1-6-2-3-8(14)10(12-6)13-5-7(11)4-9(13)15/h2-3,7,14H,4-5,11H2,1H3. The number of carbonyl (C=O) groups is 1. The lowest BCUT2D eigenvalue weighted by Crippen LogP contribution is -2.28. The summed E-state index contributed by atoms with van der Waals surface area (Å²) in [6.07, 6.45) is 0.315. The number of rotatable bonds is 1. The first-order chi connectivity index (χ1) is 7.08. The molecule has 1 fully saturated rings. The summed E-state index contributed by atoms with van der Waals surface area (Å²) in [6, 6.07) is 3.06. The van der Waals surface area contributed by atoms with E-state index < -0.39 is 0 Å². The molecule has 1 unspecified atom stereocenters. The van der Waals surface area contributed by atoms with Crippen molar-refractivity contribution < 1.29 is 9.90 Å². The van der Waals surface area contributed by atoms with E-state index in [1.807, 2.05) is 6.92 Å². The van der Waals surface area contributed by atoms with Crippen molar-refractivity contribution in [3.63, 3.8) is 0 Å². The first kappa shape index (κ1) is 9.92. The summed E-state index contributed by atoms with van der Waals surface area (Å²) in [6.45, 7) is 2.23. The molecule has 5 heteroatoms. The molecule has 1 aliphatic heterocycles.